The topological polar surface area (TPSA) is 43.4 Å². The number of ketones is 2. The number of ether oxygens (including phenoxy) is 1. The smallest absolute Gasteiger partial charge is 0.169 e. The molecule has 3 nitrogen and oxygen atoms in total. The normalized spacial score (nSPS) is 12.0. The molecule has 1 atom stereocenters. The van der Waals surface area contributed by atoms with Crippen LogP contribution in [-0.2, 0) is 4.74 Å². The maximum atomic E-state index is 12.1. The number of hydrogen-bond acceptors (Lipinski definition) is 3. The van der Waals surface area contributed by atoms with Crippen LogP contribution in [0.1, 0.15) is 41.5 Å². The predicted molar refractivity (Wildman–Crippen MR) is 75.3 cm³/mol. The van der Waals surface area contributed by atoms with Crippen LogP contribution in [0.5, 0.6) is 0 Å². The molecule has 1 rings (SSSR count). The van der Waals surface area contributed by atoms with Crippen LogP contribution in [-0.4, -0.2) is 18.2 Å². The summed E-state index contributed by atoms with van der Waals surface area (Å²) >= 11 is 0. The van der Waals surface area contributed by atoms with E-state index >= 15 is 0 Å². The SMILES string of the molecule is C=COCC(C)C(=O)c1ccc(C(=O)C(C)C)cc1. The number of hydrogen-bond donors (Lipinski definition) is 0. The molecule has 0 heterocycles. The molecule has 3 heteroatoms. The second-order valence-electron chi connectivity index (χ2n) is 4.86. The zero-order valence-electron chi connectivity index (χ0n) is 11.7. The molecule has 0 aliphatic rings. The summed E-state index contributed by atoms with van der Waals surface area (Å²) in [5, 5.41) is 0. The average Bonchev–Trinajstić information content (AvgIpc) is 2.43. The van der Waals surface area contributed by atoms with Crippen molar-refractivity contribution in [2.24, 2.45) is 11.8 Å². The monoisotopic (exact) mass is 260 g/mol. The van der Waals surface area contributed by atoms with Crippen molar-refractivity contribution in [3.8, 4) is 0 Å². The Hall–Kier alpha value is -1.90. The van der Waals surface area contributed by atoms with Crippen molar-refractivity contribution in [1.82, 2.24) is 0 Å². The molecule has 0 saturated carbocycles. The van der Waals surface area contributed by atoms with Crippen molar-refractivity contribution in [3.63, 3.8) is 0 Å². The Morgan fingerprint density at radius 1 is 1.11 bits per heavy atom. The van der Waals surface area contributed by atoms with E-state index in [9.17, 15) is 9.59 Å². The van der Waals surface area contributed by atoms with Gasteiger partial charge in [-0.15, -0.1) is 0 Å². The summed E-state index contributed by atoms with van der Waals surface area (Å²) in [4.78, 5) is 23.9. The fourth-order valence-electron chi connectivity index (χ4n) is 1.70. The second kappa shape index (κ2) is 6.88. The molecular formula is C16H20O3. The van der Waals surface area contributed by atoms with Crippen molar-refractivity contribution < 1.29 is 14.3 Å². The summed E-state index contributed by atoms with van der Waals surface area (Å²) in [6, 6.07) is 6.80. The first kappa shape index (κ1) is 15.2. The molecule has 0 radical (unpaired) electrons. The Labute approximate surface area is 114 Å². The molecule has 19 heavy (non-hydrogen) atoms. The van der Waals surface area contributed by atoms with Gasteiger partial charge in [0.25, 0.3) is 0 Å². The van der Waals surface area contributed by atoms with E-state index in [0.717, 1.165) is 0 Å². The van der Waals surface area contributed by atoms with Crippen molar-refractivity contribution in [2.45, 2.75) is 20.8 Å². The van der Waals surface area contributed by atoms with Crippen molar-refractivity contribution >= 4 is 11.6 Å². The molecular weight excluding hydrogens is 240 g/mol. The minimum atomic E-state index is -0.232. The van der Waals surface area contributed by atoms with E-state index in [1.54, 1.807) is 31.2 Å². The third kappa shape index (κ3) is 4.05. The van der Waals surface area contributed by atoms with Gasteiger partial charge in [-0.1, -0.05) is 51.6 Å². The van der Waals surface area contributed by atoms with Crippen LogP contribution in [0.2, 0.25) is 0 Å². The standard InChI is InChI=1S/C16H20O3/c1-5-19-10-12(4)16(18)14-8-6-13(7-9-14)15(17)11(2)3/h5-9,11-12H,1,10H2,2-4H3. The highest BCUT2D eigenvalue weighted by Crippen LogP contribution is 2.13. The lowest BCUT2D eigenvalue weighted by Crippen LogP contribution is -2.16. The molecule has 0 aliphatic heterocycles. The van der Waals surface area contributed by atoms with Crippen molar-refractivity contribution in [2.75, 3.05) is 6.61 Å². The molecule has 0 aromatic heterocycles. The Bertz CT molecular complexity index is 457. The number of carbonyl (C=O) groups excluding carboxylic acids is 2. The highest BCUT2D eigenvalue weighted by atomic mass is 16.5. The quantitative estimate of drug-likeness (QED) is 0.556. The van der Waals surface area contributed by atoms with Gasteiger partial charge in [0.1, 0.15) is 0 Å². The third-order valence-electron chi connectivity index (χ3n) is 2.89. The number of rotatable bonds is 7. The summed E-state index contributed by atoms with van der Waals surface area (Å²) in [6.07, 6.45) is 1.33. The van der Waals surface area contributed by atoms with Crippen LogP contribution in [0.15, 0.2) is 37.1 Å². The highest BCUT2D eigenvalue weighted by Gasteiger charge is 2.16. The Morgan fingerprint density at radius 3 is 2.00 bits per heavy atom. The lowest BCUT2D eigenvalue weighted by atomic mass is 9.96. The largest absolute Gasteiger partial charge is 0.501 e. The fourth-order valence-corrected chi connectivity index (χ4v) is 1.70. The summed E-state index contributed by atoms with van der Waals surface area (Å²) in [7, 11) is 0. The lowest BCUT2D eigenvalue weighted by molar-refractivity contribution is 0.0862. The van der Waals surface area contributed by atoms with Crippen LogP contribution >= 0.6 is 0 Å². The van der Waals surface area contributed by atoms with Crippen LogP contribution < -0.4 is 0 Å². The minimum Gasteiger partial charge on any atom is -0.501 e. The van der Waals surface area contributed by atoms with Gasteiger partial charge in [-0.2, -0.15) is 0 Å². The van der Waals surface area contributed by atoms with Crippen molar-refractivity contribution in [3.05, 3.63) is 48.2 Å². The van der Waals surface area contributed by atoms with Gasteiger partial charge in [0.15, 0.2) is 11.6 Å². The first-order valence-corrected chi connectivity index (χ1v) is 6.38. The van der Waals surface area contributed by atoms with Crippen LogP contribution in [0.3, 0.4) is 0 Å². The third-order valence-corrected chi connectivity index (χ3v) is 2.89. The van der Waals surface area contributed by atoms with Crippen LogP contribution in [0, 0.1) is 11.8 Å². The molecule has 0 saturated heterocycles. The van der Waals surface area contributed by atoms with E-state index in [0.29, 0.717) is 17.7 Å². The van der Waals surface area contributed by atoms with Gasteiger partial charge in [0, 0.05) is 17.0 Å². The van der Waals surface area contributed by atoms with Crippen LogP contribution in [0.25, 0.3) is 0 Å². The number of Topliss-reactive ketones (excluding diaryl/α,β-unsaturated/α-hetero) is 2. The number of carbonyl (C=O) groups is 2. The van der Waals surface area contributed by atoms with Gasteiger partial charge < -0.3 is 4.74 Å². The minimum absolute atomic E-state index is 0.00500. The molecule has 1 aromatic rings. The first-order chi connectivity index (χ1) is 8.97. The van der Waals surface area contributed by atoms with E-state index in [-0.39, 0.29) is 23.4 Å². The van der Waals surface area contributed by atoms with Gasteiger partial charge in [0.05, 0.1) is 18.8 Å². The summed E-state index contributed by atoms with van der Waals surface area (Å²) in [5.74, 6) is -0.182. The molecule has 0 amide bonds. The molecule has 102 valence electrons. The van der Waals surface area contributed by atoms with Gasteiger partial charge in [-0.05, 0) is 0 Å². The molecule has 0 fully saturated rings. The maximum Gasteiger partial charge on any atom is 0.169 e. The van der Waals surface area contributed by atoms with Gasteiger partial charge >= 0.3 is 0 Å². The summed E-state index contributed by atoms with van der Waals surface area (Å²) < 4.78 is 5.02. The lowest BCUT2D eigenvalue weighted by Gasteiger charge is -2.10. The molecule has 0 aliphatic carbocycles. The summed E-state index contributed by atoms with van der Waals surface area (Å²) in [5.41, 5.74) is 1.24. The van der Waals surface area contributed by atoms with Gasteiger partial charge in [0.2, 0.25) is 0 Å². The molecule has 0 N–H and O–H groups in total. The Kier molecular flexibility index (Phi) is 5.49. The average molecular weight is 260 g/mol. The first-order valence-electron chi connectivity index (χ1n) is 6.38. The van der Waals surface area contributed by atoms with Gasteiger partial charge in [-0.3, -0.25) is 9.59 Å². The fraction of sp³-hybridized carbons (Fsp3) is 0.375. The zero-order chi connectivity index (χ0) is 14.4. The molecule has 0 bridgehead atoms. The summed E-state index contributed by atoms with van der Waals surface area (Å²) in [6.45, 7) is 9.27. The number of benzene rings is 1. The second-order valence-corrected chi connectivity index (χ2v) is 4.86. The predicted octanol–water partition coefficient (Wildman–Crippen LogP) is 3.50. The van der Waals surface area contributed by atoms with Gasteiger partial charge in [-0.25, -0.2) is 0 Å². The molecule has 1 unspecified atom stereocenters. The Balaban J connectivity index is 2.78. The maximum absolute atomic E-state index is 12.1. The van der Waals surface area contributed by atoms with E-state index in [2.05, 4.69) is 6.58 Å². The van der Waals surface area contributed by atoms with E-state index in [1.807, 2.05) is 13.8 Å². The van der Waals surface area contributed by atoms with Crippen molar-refractivity contribution in [1.29, 1.82) is 0 Å². The molecule has 0 spiro atoms. The Morgan fingerprint density at radius 2 is 1.58 bits per heavy atom. The van der Waals surface area contributed by atoms with E-state index in [1.165, 1.54) is 6.26 Å². The van der Waals surface area contributed by atoms with E-state index in [4.69, 9.17) is 4.74 Å². The highest BCUT2D eigenvalue weighted by molar-refractivity contribution is 6.00. The van der Waals surface area contributed by atoms with E-state index < -0.39 is 0 Å². The zero-order valence-corrected chi connectivity index (χ0v) is 11.7. The molecule has 1 aromatic carbocycles. The van der Waals surface area contributed by atoms with Crippen LogP contribution in [0.4, 0.5) is 0 Å².